The molecule has 0 spiro atoms. The molecule has 1 saturated carbocycles. The molecule has 3 N–H and O–H groups in total. The van der Waals surface area contributed by atoms with Gasteiger partial charge >= 0.3 is 0 Å². The lowest BCUT2D eigenvalue weighted by atomic mass is 10.1. The molecule has 0 aliphatic heterocycles. The van der Waals surface area contributed by atoms with Crippen molar-refractivity contribution < 1.29 is 0 Å². The zero-order valence-electron chi connectivity index (χ0n) is 8.56. The highest BCUT2D eigenvalue weighted by atomic mass is 14.9. The Morgan fingerprint density at radius 2 is 2.17 bits per heavy atom. The highest BCUT2D eigenvalue weighted by Gasteiger charge is 2.44. The zero-order chi connectivity index (χ0) is 9.19. The first-order chi connectivity index (χ1) is 5.56. The standard InChI is InChI=1S/C10H22N2/c1-8(5-11)6-12-7-9-4-10(9,2)3/h8-9,12H,4-7,11H2,1-3H3. The highest BCUT2D eigenvalue weighted by Crippen LogP contribution is 2.50. The van der Waals surface area contributed by atoms with E-state index in [9.17, 15) is 0 Å². The van der Waals surface area contributed by atoms with E-state index in [1.165, 1.54) is 13.0 Å². The molecule has 0 bridgehead atoms. The normalized spacial score (nSPS) is 28.5. The molecule has 72 valence electrons. The summed E-state index contributed by atoms with van der Waals surface area (Å²) in [5, 5.41) is 3.47. The Bertz CT molecular complexity index is 143. The second-order valence-electron chi connectivity index (χ2n) is 4.89. The summed E-state index contributed by atoms with van der Waals surface area (Å²) in [5.74, 6) is 1.52. The SMILES string of the molecule is CC(CN)CNCC1CC1(C)C. The van der Waals surface area contributed by atoms with Gasteiger partial charge in [0.2, 0.25) is 0 Å². The molecule has 0 aromatic heterocycles. The van der Waals surface area contributed by atoms with E-state index in [0.717, 1.165) is 19.0 Å². The molecule has 1 fully saturated rings. The Morgan fingerprint density at radius 1 is 1.58 bits per heavy atom. The topological polar surface area (TPSA) is 38.0 Å². The number of nitrogens with two attached hydrogens (primary N) is 1. The van der Waals surface area contributed by atoms with Crippen LogP contribution in [0.15, 0.2) is 0 Å². The molecule has 0 aromatic carbocycles. The molecule has 2 atom stereocenters. The molecular formula is C10H22N2. The molecular weight excluding hydrogens is 148 g/mol. The Labute approximate surface area is 75.9 Å². The van der Waals surface area contributed by atoms with Crippen LogP contribution >= 0.6 is 0 Å². The third kappa shape index (κ3) is 2.76. The van der Waals surface area contributed by atoms with Crippen molar-refractivity contribution in [1.82, 2.24) is 5.32 Å². The molecule has 0 heterocycles. The van der Waals surface area contributed by atoms with Gasteiger partial charge in [-0.15, -0.1) is 0 Å². The molecule has 1 rings (SSSR count). The predicted octanol–water partition coefficient (Wildman–Crippen LogP) is 1.22. The fraction of sp³-hybridized carbons (Fsp3) is 1.00. The lowest BCUT2D eigenvalue weighted by Crippen LogP contribution is -2.28. The van der Waals surface area contributed by atoms with E-state index < -0.39 is 0 Å². The van der Waals surface area contributed by atoms with Crippen LogP contribution in [0.25, 0.3) is 0 Å². The monoisotopic (exact) mass is 170 g/mol. The van der Waals surface area contributed by atoms with E-state index in [-0.39, 0.29) is 0 Å². The van der Waals surface area contributed by atoms with Crippen LogP contribution in [0.4, 0.5) is 0 Å². The average molecular weight is 170 g/mol. The van der Waals surface area contributed by atoms with Gasteiger partial charge in [0.05, 0.1) is 0 Å². The van der Waals surface area contributed by atoms with Crippen molar-refractivity contribution >= 4 is 0 Å². The highest BCUT2D eigenvalue weighted by molar-refractivity contribution is 4.96. The van der Waals surface area contributed by atoms with Gasteiger partial charge in [0.1, 0.15) is 0 Å². The third-order valence-corrected chi connectivity index (χ3v) is 3.00. The second-order valence-corrected chi connectivity index (χ2v) is 4.89. The largest absolute Gasteiger partial charge is 0.330 e. The molecule has 0 radical (unpaired) electrons. The van der Waals surface area contributed by atoms with Gasteiger partial charge in [0, 0.05) is 0 Å². The van der Waals surface area contributed by atoms with Gasteiger partial charge in [-0.3, -0.25) is 0 Å². The summed E-state index contributed by atoms with van der Waals surface area (Å²) in [7, 11) is 0. The molecule has 2 heteroatoms. The lowest BCUT2D eigenvalue weighted by Gasteiger charge is -2.10. The van der Waals surface area contributed by atoms with E-state index in [2.05, 4.69) is 26.1 Å². The van der Waals surface area contributed by atoms with Crippen molar-refractivity contribution in [1.29, 1.82) is 0 Å². The van der Waals surface area contributed by atoms with E-state index in [1.54, 1.807) is 0 Å². The van der Waals surface area contributed by atoms with Crippen molar-refractivity contribution in [3.63, 3.8) is 0 Å². The molecule has 2 unspecified atom stereocenters. The summed E-state index contributed by atoms with van der Waals surface area (Å²) in [6.45, 7) is 9.91. The Kier molecular flexibility index (Phi) is 3.13. The van der Waals surface area contributed by atoms with Crippen LogP contribution < -0.4 is 11.1 Å². The summed E-state index contributed by atoms with van der Waals surface area (Å²) in [6, 6.07) is 0. The van der Waals surface area contributed by atoms with Gasteiger partial charge in [-0.1, -0.05) is 20.8 Å². The van der Waals surface area contributed by atoms with Crippen molar-refractivity contribution in [3.05, 3.63) is 0 Å². The van der Waals surface area contributed by atoms with Crippen LogP contribution in [0.1, 0.15) is 27.2 Å². The van der Waals surface area contributed by atoms with Gasteiger partial charge in [-0.05, 0) is 43.3 Å². The first-order valence-corrected chi connectivity index (χ1v) is 4.97. The van der Waals surface area contributed by atoms with Gasteiger partial charge in [-0.25, -0.2) is 0 Å². The predicted molar refractivity (Wildman–Crippen MR) is 53.0 cm³/mol. The van der Waals surface area contributed by atoms with Crippen molar-refractivity contribution in [2.45, 2.75) is 27.2 Å². The maximum absolute atomic E-state index is 5.52. The van der Waals surface area contributed by atoms with E-state index >= 15 is 0 Å². The molecule has 1 aliphatic carbocycles. The Balaban J connectivity index is 1.98. The number of hydrogen-bond donors (Lipinski definition) is 2. The minimum atomic E-state index is 0.610. The number of hydrogen-bond acceptors (Lipinski definition) is 2. The number of nitrogens with one attached hydrogen (secondary N) is 1. The van der Waals surface area contributed by atoms with Crippen molar-refractivity contribution in [2.75, 3.05) is 19.6 Å². The Morgan fingerprint density at radius 3 is 2.58 bits per heavy atom. The van der Waals surface area contributed by atoms with Gasteiger partial charge < -0.3 is 11.1 Å². The summed E-state index contributed by atoms with van der Waals surface area (Å²) < 4.78 is 0. The van der Waals surface area contributed by atoms with Crippen LogP contribution in [0.3, 0.4) is 0 Å². The first kappa shape index (κ1) is 10.0. The summed E-state index contributed by atoms with van der Waals surface area (Å²) >= 11 is 0. The second kappa shape index (κ2) is 3.75. The van der Waals surface area contributed by atoms with Crippen LogP contribution in [-0.4, -0.2) is 19.6 Å². The van der Waals surface area contributed by atoms with E-state index in [1.807, 2.05) is 0 Å². The van der Waals surface area contributed by atoms with E-state index in [4.69, 9.17) is 5.73 Å². The minimum absolute atomic E-state index is 0.610. The summed E-state index contributed by atoms with van der Waals surface area (Å²) in [4.78, 5) is 0. The molecule has 1 aliphatic rings. The van der Waals surface area contributed by atoms with E-state index in [0.29, 0.717) is 11.3 Å². The summed E-state index contributed by atoms with van der Waals surface area (Å²) in [6.07, 6.45) is 1.39. The van der Waals surface area contributed by atoms with Crippen LogP contribution in [0, 0.1) is 17.3 Å². The molecule has 2 nitrogen and oxygen atoms in total. The van der Waals surface area contributed by atoms with Gasteiger partial charge in [0.25, 0.3) is 0 Å². The maximum Gasteiger partial charge on any atom is -0.00110 e. The van der Waals surface area contributed by atoms with Gasteiger partial charge in [-0.2, -0.15) is 0 Å². The van der Waals surface area contributed by atoms with Crippen molar-refractivity contribution in [3.8, 4) is 0 Å². The lowest BCUT2D eigenvalue weighted by molar-refractivity contribution is 0.475. The summed E-state index contributed by atoms with van der Waals surface area (Å²) in [5.41, 5.74) is 6.13. The minimum Gasteiger partial charge on any atom is -0.330 e. The molecule has 0 saturated heterocycles. The maximum atomic E-state index is 5.52. The van der Waals surface area contributed by atoms with Gasteiger partial charge in [0.15, 0.2) is 0 Å². The molecule has 0 aromatic rings. The van der Waals surface area contributed by atoms with Crippen molar-refractivity contribution in [2.24, 2.45) is 23.0 Å². The zero-order valence-corrected chi connectivity index (χ0v) is 8.56. The fourth-order valence-corrected chi connectivity index (χ4v) is 1.51. The smallest absolute Gasteiger partial charge is 0.00110 e. The molecule has 0 amide bonds. The first-order valence-electron chi connectivity index (χ1n) is 4.97. The van der Waals surface area contributed by atoms with Crippen LogP contribution in [-0.2, 0) is 0 Å². The Hall–Kier alpha value is -0.0800. The third-order valence-electron chi connectivity index (χ3n) is 3.00. The quantitative estimate of drug-likeness (QED) is 0.651. The van der Waals surface area contributed by atoms with Crippen LogP contribution in [0.5, 0.6) is 0 Å². The number of rotatable bonds is 5. The molecule has 12 heavy (non-hydrogen) atoms. The van der Waals surface area contributed by atoms with Crippen LogP contribution in [0.2, 0.25) is 0 Å². The average Bonchev–Trinajstić information content (AvgIpc) is 2.59. The fourth-order valence-electron chi connectivity index (χ4n) is 1.51.